The molecule has 0 atom stereocenters. The summed E-state index contributed by atoms with van der Waals surface area (Å²) in [6, 6.07) is 7.52. The van der Waals surface area contributed by atoms with Crippen LogP contribution in [0.2, 0.25) is 10.0 Å². The Morgan fingerprint density at radius 2 is 1.07 bits per heavy atom. The van der Waals surface area contributed by atoms with Crippen molar-refractivity contribution >= 4 is 46.4 Å². The molecule has 2 aromatic rings. The first-order valence-electron chi connectivity index (χ1n) is 8.65. The molecular weight excluding hydrogens is 439 g/mol. The van der Waals surface area contributed by atoms with E-state index in [9.17, 15) is 29.8 Å². The number of benzene rings is 2. The second-order valence-corrected chi connectivity index (χ2v) is 7.25. The fourth-order valence-electron chi connectivity index (χ4n) is 3.05. The number of hydrogen-bond acceptors (Lipinski definition) is 6. The lowest BCUT2D eigenvalue weighted by atomic mass is 10.1. The van der Waals surface area contributed by atoms with E-state index >= 15 is 0 Å². The van der Waals surface area contributed by atoms with E-state index in [4.69, 9.17) is 23.2 Å². The zero-order chi connectivity index (χ0) is 22.0. The highest BCUT2D eigenvalue weighted by Crippen LogP contribution is 2.27. The SMILES string of the molecule is O=C(c1ccc([N+](=O)[O-])c(Cl)c1)N1CCN(C(=O)c2ccc([N+](=O)[O-])c(Cl)c2)CC1. The zero-order valence-electron chi connectivity index (χ0n) is 15.3. The average Bonchev–Trinajstić information content (AvgIpc) is 2.72. The van der Waals surface area contributed by atoms with Crippen LogP contribution in [0.15, 0.2) is 36.4 Å². The summed E-state index contributed by atoms with van der Waals surface area (Å²) < 4.78 is 0. The molecule has 0 unspecified atom stereocenters. The quantitative estimate of drug-likeness (QED) is 0.516. The van der Waals surface area contributed by atoms with Gasteiger partial charge in [-0.25, -0.2) is 0 Å². The van der Waals surface area contributed by atoms with Gasteiger partial charge in [-0.3, -0.25) is 29.8 Å². The van der Waals surface area contributed by atoms with Gasteiger partial charge < -0.3 is 9.80 Å². The molecule has 0 radical (unpaired) electrons. The summed E-state index contributed by atoms with van der Waals surface area (Å²) in [7, 11) is 0. The number of hydrogen-bond donors (Lipinski definition) is 0. The number of carbonyl (C=O) groups is 2. The number of rotatable bonds is 4. The summed E-state index contributed by atoms with van der Waals surface area (Å²) in [6.45, 7) is 1.000. The number of nitro benzene ring substituents is 2. The van der Waals surface area contributed by atoms with Crippen LogP contribution >= 0.6 is 23.2 Å². The second kappa shape index (κ2) is 8.64. The molecule has 0 saturated carbocycles. The van der Waals surface area contributed by atoms with E-state index in [1.165, 1.54) is 46.2 Å². The van der Waals surface area contributed by atoms with Crippen molar-refractivity contribution in [2.24, 2.45) is 0 Å². The van der Waals surface area contributed by atoms with Crippen LogP contribution in [-0.4, -0.2) is 57.6 Å². The van der Waals surface area contributed by atoms with Crippen molar-refractivity contribution in [2.45, 2.75) is 0 Å². The molecule has 0 bridgehead atoms. The normalized spacial score (nSPS) is 13.8. The molecule has 12 heteroatoms. The van der Waals surface area contributed by atoms with E-state index in [1.807, 2.05) is 0 Å². The van der Waals surface area contributed by atoms with Gasteiger partial charge in [0.1, 0.15) is 10.0 Å². The van der Waals surface area contributed by atoms with Crippen LogP contribution in [0, 0.1) is 20.2 Å². The highest BCUT2D eigenvalue weighted by atomic mass is 35.5. The number of piperazine rings is 1. The average molecular weight is 453 g/mol. The van der Waals surface area contributed by atoms with E-state index in [0.29, 0.717) is 0 Å². The Kier molecular flexibility index (Phi) is 6.18. The lowest BCUT2D eigenvalue weighted by molar-refractivity contribution is -0.384. The van der Waals surface area contributed by atoms with Crippen molar-refractivity contribution < 1.29 is 19.4 Å². The maximum Gasteiger partial charge on any atom is 0.287 e. The molecule has 1 aliphatic rings. The smallest absolute Gasteiger partial charge is 0.287 e. The molecular formula is C18H14Cl2N4O6. The Bertz CT molecular complexity index is 969. The van der Waals surface area contributed by atoms with Crippen molar-refractivity contribution in [3.05, 3.63) is 77.8 Å². The third-order valence-corrected chi connectivity index (χ3v) is 5.24. The predicted octanol–water partition coefficient (Wildman–Crippen LogP) is 3.41. The summed E-state index contributed by atoms with van der Waals surface area (Å²) in [4.78, 5) is 48.7. The first-order valence-corrected chi connectivity index (χ1v) is 9.41. The van der Waals surface area contributed by atoms with E-state index < -0.39 is 9.85 Å². The molecule has 10 nitrogen and oxygen atoms in total. The van der Waals surface area contributed by atoms with Gasteiger partial charge >= 0.3 is 0 Å². The first kappa shape index (κ1) is 21.5. The largest absolute Gasteiger partial charge is 0.335 e. The molecule has 1 fully saturated rings. The van der Waals surface area contributed by atoms with Gasteiger partial charge in [0, 0.05) is 49.4 Å². The van der Waals surface area contributed by atoms with Gasteiger partial charge in [-0.1, -0.05) is 23.2 Å². The molecule has 2 amide bonds. The number of halogens is 2. The molecule has 156 valence electrons. The van der Waals surface area contributed by atoms with Gasteiger partial charge in [0.2, 0.25) is 0 Å². The van der Waals surface area contributed by atoms with Gasteiger partial charge in [-0.2, -0.15) is 0 Å². The molecule has 0 N–H and O–H groups in total. The molecule has 3 rings (SSSR count). The summed E-state index contributed by atoms with van der Waals surface area (Å²) in [5.41, 5.74) is -0.143. The maximum atomic E-state index is 12.6. The zero-order valence-corrected chi connectivity index (χ0v) is 16.8. The monoisotopic (exact) mass is 452 g/mol. The van der Waals surface area contributed by atoms with Crippen molar-refractivity contribution in [1.29, 1.82) is 0 Å². The minimum Gasteiger partial charge on any atom is -0.335 e. The summed E-state index contributed by atoms with van der Waals surface area (Å²) in [5.74, 6) is -0.699. The van der Waals surface area contributed by atoms with Crippen LogP contribution in [0.25, 0.3) is 0 Å². The van der Waals surface area contributed by atoms with Crippen LogP contribution < -0.4 is 0 Å². The van der Waals surface area contributed by atoms with E-state index in [2.05, 4.69) is 0 Å². The standard InChI is InChI=1S/C18H14Cl2N4O6/c19-13-9-11(1-3-15(13)23(27)28)17(25)21-5-7-22(8-6-21)18(26)12-2-4-16(24(29)30)14(20)10-12/h1-4,9-10H,5-8H2. The topological polar surface area (TPSA) is 127 Å². The van der Waals surface area contributed by atoms with Gasteiger partial charge in [-0.05, 0) is 24.3 Å². The number of nitrogens with zero attached hydrogens (tertiary/aromatic N) is 4. The van der Waals surface area contributed by atoms with Gasteiger partial charge in [0.25, 0.3) is 23.2 Å². The highest BCUT2D eigenvalue weighted by Gasteiger charge is 2.27. The molecule has 0 spiro atoms. The van der Waals surface area contributed by atoms with Gasteiger partial charge in [-0.15, -0.1) is 0 Å². The Labute approximate surface area is 179 Å². The second-order valence-electron chi connectivity index (χ2n) is 6.43. The predicted molar refractivity (Wildman–Crippen MR) is 108 cm³/mol. The Morgan fingerprint density at radius 1 is 0.733 bits per heavy atom. The Hall–Kier alpha value is -3.24. The Morgan fingerprint density at radius 3 is 1.33 bits per heavy atom. The number of amides is 2. The number of nitro groups is 2. The molecule has 1 aliphatic heterocycles. The van der Waals surface area contributed by atoms with Crippen LogP contribution in [0.3, 0.4) is 0 Å². The van der Waals surface area contributed by atoms with Gasteiger partial charge in [0.05, 0.1) is 9.85 Å². The first-order chi connectivity index (χ1) is 14.2. The van der Waals surface area contributed by atoms with Crippen molar-refractivity contribution in [3.8, 4) is 0 Å². The maximum absolute atomic E-state index is 12.6. The van der Waals surface area contributed by atoms with Crippen LogP contribution in [0.4, 0.5) is 11.4 Å². The van der Waals surface area contributed by atoms with E-state index in [1.54, 1.807) is 0 Å². The van der Waals surface area contributed by atoms with Crippen molar-refractivity contribution in [3.63, 3.8) is 0 Å². The third kappa shape index (κ3) is 4.34. The summed E-state index contributed by atoms with van der Waals surface area (Å²) in [5, 5.41) is 21.4. The summed E-state index contributed by atoms with van der Waals surface area (Å²) in [6.07, 6.45) is 0. The molecule has 30 heavy (non-hydrogen) atoms. The van der Waals surface area contributed by atoms with Gasteiger partial charge in [0.15, 0.2) is 0 Å². The third-order valence-electron chi connectivity index (χ3n) is 4.64. The fourth-order valence-corrected chi connectivity index (χ4v) is 3.55. The molecule has 0 aliphatic carbocycles. The number of carbonyl (C=O) groups excluding carboxylic acids is 2. The molecule has 0 aromatic heterocycles. The minimum absolute atomic E-state index is 0.130. The van der Waals surface area contributed by atoms with Crippen LogP contribution in [-0.2, 0) is 0 Å². The van der Waals surface area contributed by atoms with E-state index in [0.717, 1.165) is 0 Å². The van der Waals surface area contributed by atoms with Crippen molar-refractivity contribution in [1.82, 2.24) is 9.80 Å². The van der Waals surface area contributed by atoms with Crippen LogP contribution in [0.1, 0.15) is 20.7 Å². The van der Waals surface area contributed by atoms with Crippen LogP contribution in [0.5, 0.6) is 0 Å². The fraction of sp³-hybridized carbons (Fsp3) is 0.222. The molecule has 2 aromatic carbocycles. The summed E-state index contributed by atoms with van der Waals surface area (Å²) >= 11 is 11.7. The minimum atomic E-state index is -0.634. The molecule has 1 saturated heterocycles. The van der Waals surface area contributed by atoms with Crippen molar-refractivity contribution in [2.75, 3.05) is 26.2 Å². The Balaban J connectivity index is 1.65. The van der Waals surface area contributed by atoms with E-state index in [-0.39, 0.29) is 70.5 Å². The lowest BCUT2D eigenvalue weighted by Crippen LogP contribution is -2.50. The molecule has 1 heterocycles. The highest BCUT2D eigenvalue weighted by molar-refractivity contribution is 6.33. The lowest BCUT2D eigenvalue weighted by Gasteiger charge is -2.35.